The van der Waals surface area contributed by atoms with E-state index in [0.29, 0.717) is 22.9 Å². The highest BCUT2D eigenvalue weighted by Crippen LogP contribution is 2.34. The second-order valence-corrected chi connectivity index (χ2v) is 7.96. The molecular formula is C13H17BrF3NO2S. The van der Waals surface area contributed by atoms with Crippen molar-refractivity contribution in [2.75, 3.05) is 19.1 Å². The van der Waals surface area contributed by atoms with Gasteiger partial charge >= 0.3 is 6.18 Å². The van der Waals surface area contributed by atoms with E-state index in [1.807, 2.05) is 0 Å². The Morgan fingerprint density at radius 2 is 1.95 bits per heavy atom. The van der Waals surface area contributed by atoms with Crippen LogP contribution in [0.2, 0.25) is 0 Å². The molecule has 1 rings (SSSR count). The number of nitrogens with one attached hydrogen (secondary N) is 1. The highest BCUT2D eigenvalue weighted by atomic mass is 79.9. The first-order chi connectivity index (χ1) is 9.54. The predicted octanol–water partition coefficient (Wildman–Crippen LogP) is 3.55. The molecule has 1 atom stereocenters. The Labute approximate surface area is 131 Å². The van der Waals surface area contributed by atoms with Crippen LogP contribution in [-0.2, 0) is 16.0 Å². The molecule has 0 radical (unpaired) electrons. The first-order valence-corrected chi connectivity index (χ1v) is 9.11. The quantitative estimate of drug-likeness (QED) is 0.811. The third-order valence-electron chi connectivity index (χ3n) is 3.06. The number of hydrogen-bond donors (Lipinski definition) is 1. The van der Waals surface area contributed by atoms with Gasteiger partial charge in [0.2, 0.25) is 0 Å². The monoisotopic (exact) mass is 387 g/mol. The first kappa shape index (κ1) is 18.4. The maximum Gasteiger partial charge on any atom is 0.416 e. The minimum absolute atomic E-state index is 0.0156. The van der Waals surface area contributed by atoms with E-state index in [0.717, 1.165) is 18.4 Å². The van der Waals surface area contributed by atoms with Gasteiger partial charge in [-0.3, -0.25) is 0 Å². The molecule has 0 amide bonds. The van der Waals surface area contributed by atoms with Crippen LogP contribution in [0.3, 0.4) is 0 Å². The Morgan fingerprint density at radius 1 is 1.33 bits per heavy atom. The van der Waals surface area contributed by atoms with Gasteiger partial charge in [-0.05, 0) is 43.7 Å². The molecule has 21 heavy (non-hydrogen) atoms. The molecule has 8 heteroatoms. The van der Waals surface area contributed by atoms with Crippen molar-refractivity contribution in [3.63, 3.8) is 0 Å². The summed E-state index contributed by atoms with van der Waals surface area (Å²) in [6.45, 7) is 0. The summed E-state index contributed by atoms with van der Waals surface area (Å²) >= 11 is 3.24. The molecule has 0 aromatic heterocycles. The normalized spacial score (nSPS) is 14.2. The number of halogens is 4. The lowest BCUT2D eigenvalue weighted by molar-refractivity contribution is -0.137. The molecule has 1 aromatic rings. The summed E-state index contributed by atoms with van der Waals surface area (Å²) in [6, 6.07) is 3.12. The van der Waals surface area contributed by atoms with Crippen molar-refractivity contribution >= 4 is 25.8 Å². The van der Waals surface area contributed by atoms with Gasteiger partial charge in [0.15, 0.2) is 0 Å². The second kappa shape index (κ2) is 7.11. The van der Waals surface area contributed by atoms with E-state index in [9.17, 15) is 21.6 Å². The van der Waals surface area contributed by atoms with Gasteiger partial charge in [0.25, 0.3) is 0 Å². The topological polar surface area (TPSA) is 46.2 Å². The average Bonchev–Trinajstić information content (AvgIpc) is 2.33. The van der Waals surface area contributed by atoms with Gasteiger partial charge in [-0.1, -0.05) is 15.9 Å². The molecule has 1 unspecified atom stereocenters. The van der Waals surface area contributed by atoms with Gasteiger partial charge in [0.1, 0.15) is 9.84 Å². The SMILES string of the molecule is CNC(CCCS(C)(=O)=O)c1cc(C(F)(F)F)ccc1Br. The van der Waals surface area contributed by atoms with Crippen molar-refractivity contribution in [3.8, 4) is 0 Å². The lowest BCUT2D eigenvalue weighted by Gasteiger charge is -2.19. The van der Waals surface area contributed by atoms with Crippen LogP contribution in [0.1, 0.15) is 30.0 Å². The molecule has 0 heterocycles. The number of benzene rings is 1. The molecule has 3 nitrogen and oxygen atoms in total. The van der Waals surface area contributed by atoms with Crippen molar-refractivity contribution in [1.29, 1.82) is 0 Å². The lowest BCUT2D eigenvalue weighted by atomic mass is 10.00. The molecule has 0 saturated carbocycles. The van der Waals surface area contributed by atoms with Gasteiger partial charge in [0, 0.05) is 22.5 Å². The Kier molecular flexibility index (Phi) is 6.24. The molecule has 0 aliphatic rings. The Balaban J connectivity index is 2.94. The fourth-order valence-corrected chi connectivity index (χ4v) is 3.21. The van der Waals surface area contributed by atoms with E-state index in [1.54, 1.807) is 7.05 Å². The van der Waals surface area contributed by atoms with Gasteiger partial charge in [-0.25, -0.2) is 8.42 Å². The van der Waals surface area contributed by atoms with Gasteiger partial charge in [-0.15, -0.1) is 0 Å². The molecule has 1 aromatic carbocycles. The zero-order valence-corrected chi connectivity index (χ0v) is 14.1. The van der Waals surface area contributed by atoms with Crippen molar-refractivity contribution in [2.45, 2.75) is 25.1 Å². The summed E-state index contributed by atoms with van der Waals surface area (Å²) in [5.74, 6) is 0.0156. The third-order valence-corrected chi connectivity index (χ3v) is 4.81. The zero-order chi connectivity index (χ0) is 16.3. The van der Waals surface area contributed by atoms with Crippen LogP contribution in [0.15, 0.2) is 22.7 Å². The van der Waals surface area contributed by atoms with E-state index in [-0.39, 0.29) is 11.8 Å². The Morgan fingerprint density at radius 3 is 2.43 bits per heavy atom. The molecule has 0 bridgehead atoms. The van der Waals surface area contributed by atoms with Crippen molar-refractivity contribution in [2.24, 2.45) is 0 Å². The highest BCUT2D eigenvalue weighted by Gasteiger charge is 2.31. The van der Waals surface area contributed by atoms with Crippen LogP contribution in [0, 0.1) is 0 Å². The lowest BCUT2D eigenvalue weighted by Crippen LogP contribution is -2.19. The number of rotatable bonds is 6. The van der Waals surface area contributed by atoms with Crippen LogP contribution < -0.4 is 5.32 Å². The minimum Gasteiger partial charge on any atom is -0.313 e. The number of sulfone groups is 1. The van der Waals surface area contributed by atoms with E-state index < -0.39 is 21.6 Å². The van der Waals surface area contributed by atoms with E-state index >= 15 is 0 Å². The molecule has 0 aliphatic carbocycles. The van der Waals surface area contributed by atoms with Crippen LogP contribution in [0.5, 0.6) is 0 Å². The standard InChI is InChI=1S/C13H17BrF3NO2S/c1-18-12(4-3-7-21(2,19)20)10-8-9(13(15,16)17)5-6-11(10)14/h5-6,8,12,18H,3-4,7H2,1-2H3. The predicted molar refractivity (Wildman–Crippen MR) is 79.9 cm³/mol. The maximum atomic E-state index is 12.8. The van der Waals surface area contributed by atoms with Crippen molar-refractivity contribution < 1.29 is 21.6 Å². The smallest absolute Gasteiger partial charge is 0.313 e. The maximum absolute atomic E-state index is 12.8. The van der Waals surface area contributed by atoms with E-state index in [2.05, 4.69) is 21.2 Å². The van der Waals surface area contributed by atoms with Crippen LogP contribution in [0.25, 0.3) is 0 Å². The van der Waals surface area contributed by atoms with Crippen LogP contribution in [-0.4, -0.2) is 27.5 Å². The summed E-state index contributed by atoms with van der Waals surface area (Å²) in [5, 5.41) is 2.93. The molecule has 0 saturated heterocycles. The van der Waals surface area contributed by atoms with Gasteiger partial charge < -0.3 is 5.32 Å². The highest BCUT2D eigenvalue weighted by molar-refractivity contribution is 9.10. The van der Waals surface area contributed by atoms with E-state index in [4.69, 9.17) is 0 Å². The molecular weight excluding hydrogens is 371 g/mol. The minimum atomic E-state index is -4.40. The molecule has 0 fully saturated rings. The third kappa shape index (κ3) is 5.96. The molecule has 0 aliphatic heterocycles. The molecule has 120 valence electrons. The van der Waals surface area contributed by atoms with Crippen molar-refractivity contribution in [1.82, 2.24) is 5.32 Å². The van der Waals surface area contributed by atoms with Gasteiger partial charge in [0.05, 0.1) is 5.56 Å². The summed E-state index contributed by atoms with van der Waals surface area (Å²) in [5.41, 5.74) is -0.245. The Bertz CT molecular complexity index is 588. The van der Waals surface area contributed by atoms with E-state index in [1.165, 1.54) is 6.07 Å². The fraction of sp³-hybridized carbons (Fsp3) is 0.538. The Hall–Kier alpha value is -0.600. The van der Waals surface area contributed by atoms with Gasteiger partial charge in [-0.2, -0.15) is 13.2 Å². The fourth-order valence-electron chi connectivity index (χ4n) is 1.99. The number of alkyl halides is 3. The summed E-state index contributed by atoms with van der Waals surface area (Å²) in [4.78, 5) is 0. The zero-order valence-electron chi connectivity index (χ0n) is 11.7. The second-order valence-electron chi connectivity index (χ2n) is 4.85. The first-order valence-electron chi connectivity index (χ1n) is 6.26. The van der Waals surface area contributed by atoms with Crippen LogP contribution in [0.4, 0.5) is 13.2 Å². The summed E-state index contributed by atoms with van der Waals surface area (Å²) < 4.78 is 61.1. The summed E-state index contributed by atoms with van der Waals surface area (Å²) in [7, 11) is -1.43. The van der Waals surface area contributed by atoms with Crippen molar-refractivity contribution in [3.05, 3.63) is 33.8 Å². The number of hydrogen-bond acceptors (Lipinski definition) is 3. The molecule has 1 N–H and O–H groups in total. The largest absolute Gasteiger partial charge is 0.416 e. The van der Waals surface area contributed by atoms with Crippen LogP contribution >= 0.6 is 15.9 Å². The molecule has 0 spiro atoms. The summed E-state index contributed by atoms with van der Waals surface area (Å²) in [6.07, 6.45) is -2.45. The average molecular weight is 388 g/mol.